The maximum absolute atomic E-state index is 14.7. The van der Waals surface area contributed by atoms with Crippen LogP contribution in [0.15, 0.2) is 36.4 Å². The number of hydrogen-bond donors (Lipinski definition) is 5. The fourth-order valence-electron chi connectivity index (χ4n) is 9.38. The monoisotopic (exact) mass is 991 g/mol. The third-order valence-corrected chi connectivity index (χ3v) is 14.5. The number of carbonyl (C=O) groups is 7. The first-order chi connectivity index (χ1) is 31.8. The average molecular weight is 993 g/mol. The third-order valence-electron chi connectivity index (χ3n) is 13.9. The molecule has 6 rings (SSSR count). The summed E-state index contributed by atoms with van der Waals surface area (Å²) in [6.07, 6.45) is -3.92. The number of phenolic OH excluding ortho intramolecular Hbond substituents is 1. The van der Waals surface area contributed by atoms with Gasteiger partial charge in [-0.15, -0.1) is 0 Å². The minimum Gasteiger partial charge on any atom is -0.508 e. The van der Waals surface area contributed by atoms with Gasteiger partial charge in [-0.2, -0.15) is 13.2 Å². The van der Waals surface area contributed by atoms with E-state index in [1.807, 2.05) is 13.8 Å². The molecule has 2 aliphatic heterocycles. The molecule has 0 aromatic heterocycles. The van der Waals surface area contributed by atoms with Crippen molar-refractivity contribution in [3.05, 3.63) is 63.1 Å². The Bertz CT molecular complexity index is 2290. The molecule has 0 bridgehead atoms. The van der Waals surface area contributed by atoms with Crippen LogP contribution in [0.2, 0.25) is 10.0 Å². The van der Waals surface area contributed by atoms with Gasteiger partial charge in [0.25, 0.3) is 0 Å². The Kier molecular flexibility index (Phi) is 16.0. The standard InChI is InChI=1S/C48H62Cl2F3N7O8/c1-26(2)20-34-42(65)59(6)36(24-29-21-31(49)14-16-33(29)50)41(64)57-46(3,4)44(67)54-19-8-7-10-35(39(62)55-34)58(5)43(66)38(27-11-12-27)56-40(63)37-23-28-13-15-32(61)22-30(28)25-60(37)45(68)47(17-9-18-47)48(51,52)53/h13-16,21-22,26-27,34-38,61H,7-12,17-20,23-25H2,1-6H3,(H,54,67)(H,55,62)(H,56,63)(H,57,64)/t34-,35-,36-,37-,38-/m0/s1. The molecule has 5 atom stereocenters. The number of phenols is 1. The van der Waals surface area contributed by atoms with Crippen LogP contribution >= 0.6 is 23.2 Å². The van der Waals surface area contributed by atoms with Gasteiger partial charge >= 0.3 is 6.18 Å². The first-order valence-electron chi connectivity index (χ1n) is 23.2. The number of benzene rings is 2. The quantitative estimate of drug-likeness (QED) is 0.214. The second kappa shape index (κ2) is 20.9. The second-order valence-corrected chi connectivity index (χ2v) is 20.6. The van der Waals surface area contributed by atoms with E-state index in [4.69, 9.17) is 23.2 Å². The molecule has 7 amide bonds. The lowest BCUT2D eigenvalue weighted by atomic mass is 9.66. The molecular weight excluding hydrogens is 930 g/mol. The van der Waals surface area contributed by atoms with Gasteiger partial charge in [0.1, 0.15) is 46.9 Å². The minimum atomic E-state index is -4.87. The molecule has 372 valence electrons. The van der Waals surface area contributed by atoms with Gasteiger partial charge in [0.2, 0.25) is 41.4 Å². The highest BCUT2D eigenvalue weighted by molar-refractivity contribution is 6.33. The summed E-state index contributed by atoms with van der Waals surface area (Å²) < 4.78 is 43.7. The molecule has 2 aliphatic carbocycles. The van der Waals surface area contributed by atoms with E-state index in [2.05, 4.69) is 21.3 Å². The van der Waals surface area contributed by atoms with Crippen LogP contribution in [0.4, 0.5) is 13.2 Å². The number of halogens is 5. The van der Waals surface area contributed by atoms with Crippen molar-refractivity contribution in [2.24, 2.45) is 17.3 Å². The van der Waals surface area contributed by atoms with Crippen LogP contribution in [0.3, 0.4) is 0 Å². The van der Waals surface area contributed by atoms with E-state index >= 15 is 0 Å². The van der Waals surface area contributed by atoms with Crippen molar-refractivity contribution in [3.63, 3.8) is 0 Å². The van der Waals surface area contributed by atoms with Gasteiger partial charge in [-0.1, -0.05) is 49.5 Å². The van der Waals surface area contributed by atoms with E-state index in [1.165, 1.54) is 49.9 Å². The molecule has 2 heterocycles. The van der Waals surface area contributed by atoms with Gasteiger partial charge in [0.15, 0.2) is 0 Å². The highest BCUT2D eigenvalue weighted by atomic mass is 35.5. The smallest absolute Gasteiger partial charge is 0.403 e. The summed E-state index contributed by atoms with van der Waals surface area (Å²) in [6, 6.07) is 2.71. The van der Waals surface area contributed by atoms with Crippen LogP contribution in [0.25, 0.3) is 0 Å². The van der Waals surface area contributed by atoms with Crippen molar-refractivity contribution >= 4 is 64.6 Å². The van der Waals surface area contributed by atoms with Gasteiger partial charge in [0, 0.05) is 50.1 Å². The number of aromatic hydroxyl groups is 1. The fraction of sp³-hybridized carbons (Fsp3) is 0.604. The topological polar surface area (TPSA) is 198 Å². The fourth-order valence-corrected chi connectivity index (χ4v) is 9.77. The largest absolute Gasteiger partial charge is 0.508 e. The lowest BCUT2D eigenvalue weighted by Gasteiger charge is -2.47. The van der Waals surface area contributed by atoms with E-state index in [1.54, 1.807) is 24.3 Å². The molecule has 68 heavy (non-hydrogen) atoms. The molecule has 15 nitrogen and oxygen atoms in total. The van der Waals surface area contributed by atoms with Crippen molar-refractivity contribution < 1.29 is 51.8 Å². The van der Waals surface area contributed by atoms with Gasteiger partial charge in [-0.25, -0.2) is 0 Å². The number of carbonyl (C=O) groups excluding carboxylic acids is 7. The molecule has 2 aromatic carbocycles. The molecule has 2 saturated carbocycles. The van der Waals surface area contributed by atoms with Crippen LogP contribution < -0.4 is 21.3 Å². The Morgan fingerprint density at radius 1 is 0.956 bits per heavy atom. The van der Waals surface area contributed by atoms with Crippen LogP contribution in [-0.2, 0) is 52.9 Å². The molecule has 1 saturated heterocycles. The van der Waals surface area contributed by atoms with Crippen LogP contribution in [-0.4, -0.2) is 124 Å². The number of amides is 7. The van der Waals surface area contributed by atoms with Gasteiger partial charge in [-0.05, 0) is 124 Å². The lowest BCUT2D eigenvalue weighted by molar-refractivity contribution is -0.249. The molecular formula is C48H62Cl2F3N7O8. The highest BCUT2D eigenvalue weighted by Crippen LogP contribution is 2.55. The van der Waals surface area contributed by atoms with Crippen molar-refractivity contribution in [1.29, 1.82) is 0 Å². The molecule has 2 aromatic rings. The Morgan fingerprint density at radius 2 is 1.65 bits per heavy atom. The summed E-state index contributed by atoms with van der Waals surface area (Å²) in [4.78, 5) is 103. The Hall–Kier alpha value is -5.10. The van der Waals surface area contributed by atoms with Crippen molar-refractivity contribution in [2.75, 3.05) is 20.6 Å². The number of nitrogens with zero attached hydrogens (tertiary/aromatic N) is 3. The molecule has 4 aliphatic rings. The van der Waals surface area contributed by atoms with Crippen LogP contribution in [0.1, 0.15) is 102 Å². The molecule has 3 fully saturated rings. The van der Waals surface area contributed by atoms with Gasteiger partial charge < -0.3 is 41.1 Å². The molecule has 0 radical (unpaired) electrons. The molecule has 20 heteroatoms. The first kappa shape index (κ1) is 52.3. The normalized spacial score (nSPS) is 24.2. The predicted molar refractivity (Wildman–Crippen MR) is 247 cm³/mol. The van der Waals surface area contributed by atoms with E-state index in [-0.39, 0.29) is 67.8 Å². The third kappa shape index (κ3) is 11.5. The van der Waals surface area contributed by atoms with E-state index in [0.717, 1.165) is 4.90 Å². The number of alkyl halides is 3. The second-order valence-electron chi connectivity index (χ2n) is 19.8. The summed E-state index contributed by atoms with van der Waals surface area (Å²) >= 11 is 12.8. The number of nitrogens with one attached hydrogen (secondary N) is 4. The summed E-state index contributed by atoms with van der Waals surface area (Å²) in [5.74, 6) is -5.90. The lowest BCUT2D eigenvalue weighted by Crippen LogP contribution is -2.63. The molecule has 5 N–H and O–H groups in total. The SMILES string of the molecule is CC(C)C[C@@H]1NC(=O)[C@@H](N(C)C(=O)[C@@H](NC(=O)[C@@H]2Cc3ccc(O)cc3CN2C(=O)C2(C(F)(F)F)CCC2)C2CC2)CCCCNC(=O)C(C)(C)NC(=O)[C@H](Cc2cc(Cl)ccc2Cl)N(C)C1=O. The van der Waals surface area contributed by atoms with Crippen LogP contribution in [0.5, 0.6) is 5.75 Å². The number of fused-ring (bicyclic) bond motifs is 1. The van der Waals surface area contributed by atoms with E-state index < -0.39 is 102 Å². The minimum absolute atomic E-state index is 0.0672. The Morgan fingerprint density at radius 3 is 2.26 bits per heavy atom. The first-order valence-corrected chi connectivity index (χ1v) is 24.0. The van der Waals surface area contributed by atoms with Crippen LogP contribution in [0, 0.1) is 17.3 Å². The summed E-state index contributed by atoms with van der Waals surface area (Å²) in [7, 11) is 2.81. The van der Waals surface area contributed by atoms with Gasteiger partial charge in [0.05, 0.1) is 0 Å². The van der Waals surface area contributed by atoms with Crippen molar-refractivity contribution in [2.45, 2.75) is 147 Å². The summed E-state index contributed by atoms with van der Waals surface area (Å²) in [6.45, 7) is 6.54. The van der Waals surface area contributed by atoms with Gasteiger partial charge in [-0.3, -0.25) is 33.6 Å². The number of likely N-dealkylation sites (N-methyl/N-ethyl adjacent to an activating group) is 2. The maximum Gasteiger partial charge on any atom is 0.403 e. The average Bonchev–Trinajstić information content (AvgIpc) is 4.09. The number of hydrogen-bond acceptors (Lipinski definition) is 8. The Labute approximate surface area is 404 Å². The molecule has 0 unspecified atom stereocenters. The highest BCUT2D eigenvalue weighted by Gasteiger charge is 2.65. The van der Waals surface area contributed by atoms with E-state index in [9.17, 15) is 51.8 Å². The zero-order chi connectivity index (χ0) is 50.0. The zero-order valence-electron chi connectivity index (χ0n) is 39.2. The summed E-state index contributed by atoms with van der Waals surface area (Å²) in [5.41, 5.74) is -2.69. The van der Waals surface area contributed by atoms with Crippen molar-refractivity contribution in [3.8, 4) is 5.75 Å². The zero-order valence-corrected chi connectivity index (χ0v) is 40.7. The summed E-state index contributed by atoms with van der Waals surface area (Å²) in [5, 5.41) is 22.1. The Balaban J connectivity index is 1.29. The maximum atomic E-state index is 14.7. The predicted octanol–water partition coefficient (Wildman–Crippen LogP) is 5.20. The number of rotatable bonds is 10. The van der Waals surface area contributed by atoms with Crippen molar-refractivity contribution in [1.82, 2.24) is 36.0 Å². The molecule has 0 spiro atoms. The van der Waals surface area contributed by atoms with E-state index in [0.29, 0.717) is 47.4 Å².